The van der Waals surface area contributed by atoms with E-state index in [0.29, 0.717) is 0 Å². The molecule has 0 saturated carbocycles. The van der Waals surface area contributed by atoms with Gasteiger partial charge in [-0.15, -0.1) is 35.9 Å². The molecule has 0 radical (unpaired) electrons. The number of hydrogen-bond acceptors (Lipinski definition) is 0. The van der Waals surface area contributed by atoms with Crippen LogP contribution in [-0.4, -0.2) is 12.4 Å². The number of rotatable bonds is 0. The molecule has 0 atom stereocenters. The molecule has 0 unspecified atom stereocenters. The smallest absolute Gasteiger partial charge is 0.0253 e. The van der Waals surface area contributed by atoms with Crippen molar-refractivity contribution >= 4 is 31.7 Å². The van der Waals surface area contributed by atoms with Gasteiger partial charge in [-0.25, -0.2) is 0 Å². The summed E-state index contributed by atoms with van der Waals surface area (Å²) in [5.74, 6) is 0. The molecule has 0 amide bonds. The molecule has 1 aliphatic rings. The van der Waals surface area contributed by atoms with Crippen LogP contribution in [0.5, 0.6) is 0 Å². The third kappa shape index (κ3) is 10.8. The van der Waals surface area contributed by atoms with Gasteiger partial charge in [0.15, 0.2) is 0 Å². The molecule has 0 aliphatic heterocycles. The van der Waals surface area contributed by atoms with E-state index in [1.807, 2.05) is 33.7 Å². The average Bonchev–Trinajstić information content (AvgIpc) is 2.78. The van der Waals surface area contributed by atoms with Gasteiger partial charge < -0.3 is 20.6 Å². The summed E-state index contributed by atoms with van der Waals surface area (Å²) in [4.78, 5) is 0. The molecule has 2 aromatic rings. The van der Waals surface area contributed by atoms with E-state index < -0.39 is 0 Å². The number of fused-ring (bicyclic) bond motifs is 3. The zero-order chi connectivity index (χ0) is 15.2. The summed E-state index contributed by atoms with van der Waals surface area (Å²) in [6.45, 7) is 7.51. The normalized spacial score (nSPS) is 9.29. The molecule has 5 heteroatoms. The van der Waals surface area contributed by atoms with Crippen LogP contribution in [0.4, 0.5) is 0 Å². The molecule has 0 heterocycles. The molecule has 1 N–H and O–H groups in total. The Bertz CT molecular complexity index is 522. The minimum atomic E-state index is -0.250. The van der Waals surface area contributed by atoms with Crippen molar-refractivity contribution in [2.24, 2.45) is 0 Å². The van der Waals surface area contributed by atoms with Crippen LogP contribution < -0.4 is 0 Å². The van der Waals surface area contributed by atoms with Crippen LogP contribution in [0.1, 0.15) is 31.9 Å². The number of benzene rings is 2. The average molecular weight is 462 g/mol. The van der Waals surface area contributed by atoms with Gasteiger partial charge in [0.05, 0.1) is 0 Å². The van der Waals surface area contributed by atoms with Gasteiger partial charge in [0, 0.05) is 0 Å². The fourth-order valence-electron chi connectivity index (χ4n) is 2.00. The van der Waals surface area contributed by atoms with E-state index in [9.17, 15) is 0 Å². The van der Waals surface area contributed by atoms with Crippen LogP contribution in [0.2, 0.25) is 0 Å². The van der Waals surface area contributed by atoms with Crippen molar-refractivity contribution in [3.8, 4) is 11.1 Å². The largest absolute Gasteiger partial charge is 0.179 e. The summed E-state index contributed by atoms with van der Waals surface area (Å²) in [5, 5.41) is 0. The van der Waals surface area contributed by atoms with Crippen molar-refractivity contribution in [3.63, 3.8) is 0 Å². The van der Waals surface area contributed by atoms with Gasteiger partial charge in [0.1, 0.15) is 0 Å². The van der Waals surface area contributed by atoms with Crippen LogP contribution in [0.3, 0.4) is 0 Å². The van der Waals surface area contributed by atoms with Crippen molar-refractivity contribution in [3.05, 3.63) is 80.2 Å². The third-order valence-electron chi connectivity index (χ3n) is 2.62. The van der Waals surface area contributed by atoms with Crippen LogP contribution in [0.25, 0.3) is 16.9 Å². The summed E-state index contributed by atoms with van der Waals surface area (Å²) < 4.78 is 0. The van der Waals surface area contributed by atoms with E-state index in [2.05, 4.69) is 42.5 Å². The van der Waals surface area contributed by atoms with Crippen LogP contribution in [0.15, 0.2) is 42.5 Å². The Hall–Kier alpha value is 0.0800. The summed E-state index contributed by atoms with van der Waals surface area (Å²) in [6, 6.07) is 18.1. The zero-order valence-corrected chi connectivity index (χ0v) is 20.8. The molecule has 0 aromatic heterocycles. The molecule has 0 spiro atoms. The van der Waals surface area contributed by atoms with E-state index in [1.165, 1.54) is 22.3 Å². The Balaban J connectivity index is -0.000000162. The third-order valence-corrected chi connectivity index (χ3v) is 2.62. The summed E-state index contributed by atoms with van der Waals surface area (Å²) in [6.07, 6.45) is 1.05. The predicted molar refractivity (Wildman–Crippen MR) is 113 cm³/mol. The Labute approximate surface area is 178 Å². The molecular weight excluding hydrogens is 432 g/mol. The van der Waals surface area contributed by atoms with Gasteiger partial charge >= 0.3 is 30.2 Å². The second-order valence-electron chi connectivity index (χ2n) is 5.65. The second-order valence-corrected chi connectivity index (χ2v) is 5.65. The standard InChI is InChI=1S/C13H9.C4H10N.2CH3.2ClH.H2Si.Zr/c1-3-7-12-10(5-1)9-11-6-2-4-8-13(11)12;1-4(2,3)5;;;;;;/h1-5,7-8H,9H2;5H,1-3H3;2*1H3;2*1H;1H2;/q4*-1;;;;. The van der Waals surface area contributed by atoms with Crippen LogP contribution >= 0.6 is 24.8 Å². The van der Waals surface area contributed by atoms with E-state index >= 15 is 0 Å². The van der Waals surface area contributed by atoms with Crippen molar-refractivity contribution in [1.82, 2.24) is 0 Å². The summed E-state index contributed by atoms with van der Waals surface area (Å²) in [7, 11) is 0. The van der Waals surface area contributed by atoms with E-state index in [0.717, 1.165) is 6.42 Å². The molecule has 0 saturated heterocycles. The topological polar surface area (TPSA) is 23.8 Å². The Morgan fingerprint density at radius 3 is 1.96 bits per heavy atom. The van der Waals surface area contributed by atoms with Crippen LogP contribution in [0, 0.1) is 20.9 Å². The quantitative estimate of drug-likeness (QED) is 0.302. The van der Waals surface area contributed by atoms with Crippen LogP contribution in [-0.2, 0) is 29.8 Å². The first-order valence-corrected chi connectivity index (χ1v) is 12.6. The van der Waals surface area contributed by atoms with Gasteiger partial charge in [-0.2, -0.15) is 29.8 Å². The van der Waals surface area contributed by atoms with Crippen molar-refractivity contribution in [2.75, 3.05) is 0 Å². The summed E-state index contributed by atoms with van der Waals surface area (Å²) >= 11 is 1.58. The molecular formula is C19H29Cl2NSiZr-4. The molecule has 0 fully saturated rings. The summed E-state index contributed by atoms with van der Waals surface area (Å²) in [5.41, 5.74) is 12.2. The van der Waals surface area contributed by atoms with Gasteiger partial charge in [-0.3, -0.25) is 0 Å². The van der Waals surface area contributed by atoms with E-state index in [-0.39, 0.29) is 45.2 Å². The molecule has 1 nitrogen and oxygen atoms in total. The van der Waals surface area contributed by atoms with Gasteiger partial charge in [0.25, 0.3) is 0 Å². The molecule has 0 bridgehead atoms. The first-order chi connectivity index (χ1) is 9.45. The van der Waals surface area contributed by atoms with Gasteiger partial charge in [0.2, 0.25) is 0 Å². The SMILES string of the molecule is CC(C)(C)[NH-].Cl.Cl.[CH3-].[CH3-].[SiH2]=[Zr].[c-]1cccc2c1Cc1ccccc1-2. The fraction of sp³-hybridized carbons (Fsp3) is 0.263. The fourth-order valence-corrected chi connectivity index (χ4v) is 2.00. The van der Waals surface area contributed by atoms with Crippen molar-refractivity contribution < 1.29 is 23.3 Å². The maximum absolute atomic E-state index is 6.94. The number of hydrogen-bond donors (Lipinski definition) is 0. The van der Waals surface area contributed by atoms with E-state index in [4.69, 9.17) is 5.73 Å². The minimum absolute atomic E-state index is 0. The molecule has 24 heavy (non-hydrogen) atoms. The Morgan fingerprint density at radius 2 is 1.42 bits per heavy atom. The van der Waals surface area contributed by atoms with Gasteiger partial charge in [-0.05, 0) is 6.42 Å². The Kier molecular flexibility index (Phi) is 20.3. The molecule has 1 aliphatic carbocycles. The predicted octanol–water partition coefficient (Wildman–Crippen LogP) is 5.72. The molecule has 136 valence electrons. The minimum Gasteiger partial charge on any atom is -0.179 e. The molecule has 3 rings (SSSR count). The van der Waals surface area contributed by atoms with E-state index in [1.54, 1.807) is 23.3 Å². The molecule has 2 aromatic carbocycles. The van der Waals surface area contributed by atoms with Gasteiger partial charge in [-0.1, -0.05) is 56.2 Å². The Morgan fingerprint density at radius 1 is 0.958 bits per heavy atom. The van der Waals surface area contributed by atoms with Crippen molar-refractivity contribution in [2.45, 2.75) is 32.7 Å². The van der Waals surface area contributed by atoms with Crippen molar-refractivity contribution in [1.29, 1.82) is 0 Å². The maximum Gasteiger partial charge on any atom is -0.0253 e. The maximum atomic E-state index is 6.94. The first kappa shape index (κ1) is 31.8. The first-order valence-electron chi connectivity index (χ1n) is 6.63. The number of nitrogens with one attached hydrogen (secondary N) is 1. The monoisotopic (exact) mass is 459 g/mol. The second kappa shape index (κ2) is 15.3. The number of halogens is 2. The zero-order valence-electron chi connectivity index (χ0n) is 15.3.